The minimum Gasteiger partial charge on any atom is -0.385 e. The van der Waals surface area contributed by atoms with Gasteiger partial charge in [0.05, 0.1) is 0 Å². The standard InChI is InChI=1S/C17H28N2/c1-2-3-4-5-12-18-17-10-8-16(9-11-17)15-19-13-6-7-14-19/h8-11,18H,2-7,12-15H2,1H3. The third-order valence-electron chi connectivity index (χ3n) is 3.92. The molecule has 0 unspecified atom stereocenters. The van der Waals surface area contributed by atoms with Crippen LogP contribution in [0.4, 0.5) is 5.69 Å². The first-order valence-corrected chi connectivity index (χ1v) is 7.93. The predicted octanol–water partition coefficient (Wildman–Crippen LogP) is 4.27. The van der Waals surface area contributed by atoms with Crippen molar-refractivity contribution in [3.05, 3.63) is 29.8 Å². The highest BCUT2D eigenvalue weighted by Crippen LogP contribution is 2.15. The van der Waals surface area contributed by atoms with E-state index in [1.807, 2.05) is 0 Å². The maximum Gasteiger partial charge on any atom is 0.0340 e. The Labute approximate surface area is 118 Å². The molecule has 1 N–H and O–H groups in total. The molecule has 0 bridgehead atoms. The van der Waals surface area contributed by atoms with Crippen molar-refractivity contribution < 1.29 is 0 Å². The van der Waals surface area contributed by atoms with Gasteiger partial charge in [-0.15, -0.1) is 0 Å². The molecule has 0 aliphatic carbocycles. The highest BCUT2D eigenvalue weighted by atomic mass is 15.1. The fourth-order valence-electron chi connectivity index (χ4n) is 2.71. The number of likely N-dealkylation sites (tertiary alicyclic amines) is 1. The summed E-state index contributed by atoms with van der Waals surface area (Å²) in [6.45, 7) is 7.03. The van der Waals surface area contributed by atoms with Crippen molar-refractivity contribution in [1.29, 1.82) is 0 Å². The second-order valence-electron chi connectivity index (χ2n) is 5.67. The lowest BCUT2D eigenvalue weighted by Gasteiger charge is -2.15. The summed E-state index contributed by atoms with van der Waals surface area (Å²) in [5.41, 5.74) is 2.71. The molecule has 0 atom stereocenters. The Balaban J connectivity index is 1.68. The predicted molar refractivity (Wildman–Crippen MR) is 83.6 cm³/mol. The van der Waals surface area contributed by atoms with Crippen molar-refractivity contribution in [3.8, 4) is 0 Å². The Bertz CT molecular complexity index is 339. The fourth-order valence-corrected chi connectivity index (χ4v) is 2.71. The molecular weight excluding hydrogens is 232 g/mol. The Hall–Kier alpha value is -1.02. The van der Waals surface area contributed by atoms with Crippen molar-refractivity contribution in [3.63, 3.8) is 0 Å². The number of hydrogen-bond acceptors (Lipinski definition) is 2. The summed E-state index contributed by atoms with van der Waals surface area (Å²) in [5, 5.41) is 3.51. The summed E-state index contributed by atoms with van der Waals surface area (Å²) >= 11 is 0. The van der Waals surface area contributed by atoms with Crippen molar-refractivity contribution in [2.24, 2.45) is 0 Å². The molecule has 0 saturated carbocycles. The maximum absolute atomic E-state index is 3.51. The lowest BCUT2D eigenvalue weighted by molar-refractivity contribution is 0.331. The third kappa shape index (κ3) is 5.23. The summed E-state index contributed by atoms with van der Waals surface area (Å²) < 4.78 is 0. The van der Waals surface area contributed by atoms with Crippen LogP contribution < -0.4 is 5.32 Å². The number of unbranched alkanes of at least 4 members (excludes halogenated alkanes) is 3. The largest absolute Gasteiger partial charge is 0.385 e. The molecule has 1 aromatic rings. The molecule has 106 valence electrons. The van der Waals surface area contributed by atoms with Crippen LogP contribution in [0, 0.1) is 0 Å². The summed E-state index contributed by atoms with van der Waals surface area (Å²) in [7, 11) is 0. The molecule has 1 fully saturated rings. The summed E-state index contributed by atoms with van der Waals surface area (Å²) in [5.74, 6) is 0. The van der Waals surface area contributed by atoms with E-state index in [-0.39, 0.29) is 0 Å². The first kappa shape index (κ1) is 14.4. The Morgan fingerprint density at radius 2 is 1.74 bits per heavy atom. The number of nitrogens with zero attached hydrogens (tertiary/aromatic N) is 1. The second-order valence-corrected chi connectivity index (χ2v) is 5.67. The van der Waals surface area contributed by atoms with E-state index >= 15 is 0 Å². The Morgan fingerprint density at radius 3 is 2.42 bits per heavy atom. The monoisotopic (exact) mass is 260 g/mol. The summed E-state index contributed by atoms with van der Waals surface area (Å²) in [4.78, 5) is 2.55. The normalized spacial score (nSPS) is 15.8. The lowest BCUT2D eigenvalue weighted by Crippen LogP contribution is -2.18. The average molecular weight is 260 g/mol. The number of benzene rings is 1. The summed E-state index contributed by atoms with van der Waals surface area (Å²) in [6.07, 6.45) is 8.04. The van der Waals surface area contributed by atoms with Crippen LogP contribution in [0.15, 0.2) is 24.3 Å². The minimum absolute atomic E-state index is 1.10. The first-order valence-electron chi connectivity index (χ1n) is 7.93. The van der Waals surface area contributed by atoms with E-state index < -0.39 is 0 Å². The van der Waals surface area contributed by atoms with Gasteiger partial charge in [-0.25, -0.2) is 0 Å². The van der Waals surface area contributed by atoms with Gasteiger partial charge >= 0.3 is 0 Å². The zero-order valence-corrected chi connectivity index (χ0v) is 12.3. The Morgan fingerprint density at radius 1 is 1.00 bits per heavy atom. The topological polar surface area (TPSA) is 15.3 Å². The van der Waals surface area contributed by atoms with Crippen LogP contribution in [-0.4, -0.2) is 24.5 Å². The molecule has 0 aromatic heterocycles. The van der Waals surface area contributed by atoms with Gasteiger partial charge in [0.1, 0.15) is 0 Å². The van der Waals surface area contributed by atoms with Crippen LogP contribution in [0.1, 0.15) is 51.0 Å². The zero-order valence-electron chi connectivity index (χ0n) is 12.3. The second kappa shape index (κ2) is 8.21. The van der Waals surface area contributed by atoms with Crippen molar-refractivity contribution in [2.75, 3.05) is 25.0 Å². The zero-order chi connectivity index (χ0) is 13.3. The number of rotatable bonds is 8. The van der Waals surface area contributed by atoms with E-state index in [9.17, 15) is 0 Å². The molecule has 0 amide bonds. The molecule has 2 heteroatoms. The number of nitrogens with one attached hydrogen (secondary N) is 1. The van der Waals surface area contributed by atoms with E-state index in [1.54, 1.807) is 0 Å². The molecule has 0 spiro atoms. The SMILES string of the molecule is CCCCCCNc1ccc(CN2CCCC2)cc1. The number of hydrogen-bond donors (Lipinski definition) is 1. The van der Waals surface area contributed by atoms with Crippen LogP contribution in [-0.2, 0) is 6.54 Å². The quantitative estimate of drug-likeness (QED) is 0.702. The van der Waals surface area contributed by atoms with Crippen molar-refractivity contribution >= 4 is 5.69 Å². The van der Waals surface area contributed by atoms with E-state index in [0.29, 0.717) is 0 Å². The maximum atomic E-state index is 3.51. The van der Waals surface area contributed by atoms with Gasteiger partial charge < -0.3 is 5.32 Å². The van der Waals surface area contributed by atoms with Crippen LogP contribution >= 0.6 is 0 Å². The van der Waals surface area contributed by atoms with Crippen LogP contribution in [0.2, 0.25) is 0 Å². The molecule has 1 aliphatic heterocycles. The van der Waals surface area contributed by atoms with Gasteiger partial charge in [-0.2, -0.15) is 0 Å². The van der Waals surface area contributed by atoms with E-state index in [0.717, 1.165) is 13.1 Å². The van der Waals surface area contributed by atoms with Crippen molar-refractivity contribution in [1.82, 2.24) is 4.90 Å². The molecule has 1 aromatic carbocycles. The van der Waals surface area contributed by atoms with Gasteiger partial charge in [-0.3, -0.25) is 4.90 Å². The van der Waals surface area contributed by atoms with E-state index in [1.165, 1.54) is 62.9 Å². The van der Waals surface area contributed by atoms with Crippen LogP contribution in [0.5, 0.6) is 0 Å². The average Bonchev–Trinajstić information content (AvgIpc) is 2.93. The van der Waals surface area contributed by atoms with Gasteiger partial charge in [0, 0.05) is 18.8 Å². The number of anilines is 1. The van der Waals surface area contributed by atoms with Crippen LogP contribution in [0.3, 0.4) is 0 Å². The molecule has 1 saturated heterocycles. The molecular formula is C17H28N2. The van der Waals surface area contributed by atoms with Gasteiger partial charge in [-0.1, -0.05) is 38.3 Å². The third-order valence-corrected chi connectivity index (χ3v) is 3.92. The molecule has 2 rings (SSSR count). The molecule has 2 nitrogen and oxygen atoms in total. The molecule has 1 heterocycles. The first-order chi connectivity index (χ1) is 9.38. The van der Waals surface area contributed by atoms with E-state index in [4.69, 9.17) is 0 Å². The fraction of sp³-hybridized carbons (Fsp3) is 0.647. The van der Waals surface area contributed by atoms with Crippen LogP contribution in [0.25, 0.3) is 0 Å². The van der Waals surface area contributed by atoms with Gasteiger partial charge in [0.15, 0.2) is 0 Å². The lowest BCUT2D eigenvalue weighted by atomic mass is 10.2. The highest BCUT2D eigenvalue weighted by molar-refractivity contribution is 5.44. The molecule has 1 aliphatic rings. The molecule has 19 heavy (non-hydrogen) atoms. The van der Waals surface area contributed by atoms with Gasteiger partial charge in [-0.05, 0) is 50.0 Å². The molecule has 0 radical (unpaired) electrons. The van der Waals surface area contributed by atoms with Gasteiger partial charge in [0.2, 0.25) is 0 Å². The Kier molecular flexibility index (Phi) is 6.22. The smallest absolute Gasteiger partial charge is 0.0340 e. The summed E-state index contributed by atoms with van der Waals surface area (Å²) in [6, 6.07) is 9.00. The van der Waals surface area contributed by atoms with Crippen molar-refractivity contribution in [2.45, 2.75) is 52.0 Å². The van der Waals surface area contributed by atoms with Gasteiger partial charge in [0.25, 0.3) is 0 Å². The minimum atomic E-state index is 1.10. The highest BCUT2D eigenvalue weighted by Gasteiger charge is 2.11. The van der Waals surface area contributed by atoms with E-state index in [2.05, 4.69) is 41.4 Å².